The van der Waals surface area contributed by atoms with Crippen LogP contribution >= 0.6 is 11.8 Å². The van der Waals surface area contributed by atoms with Gasteiger partial charge in [0.25, 0.3) is 11.1 Å². The molecular weight excluding hydrogens is 330 g/mol. The zero-order valence-electron chi connectivity index (χ0n) is 14.4. The van der Waals surface area contributed by atoms with Gasteiger partial charge in [-0.3, -0.25) is 14.5 Å². The number of imide groups is 1. The molecule has 0 radical (unpaired) electrons. The first-order chi connectivity index (χ1) is 11.5. The largest absolute Gasteiger partial charge is 0.496 e. The second kappa shape index (κ2) is 7.61. The summed E-state index contributed by atoms with van der Waals surface area (Å²) in [5.41, 5.74) is 0.593. The summed E-state index contributed by atoms with van der Waals surface area (Å²) in [6, 6.07) is 3.27. The Bertz CT molecular complexity index is 661. The number of hydrogen-bond donors (Lipinski definition) is 0. The maximum absolute atomic E-state index is 12.6. The number of benzene rings is 1. The molecule has 0 bridgehead atoms. The predicted octanol–water partition coefficient (Wildman–Crippen LogP) is 3.55. The number of ether oxygens (including phenoxy) is 3. The Morgan fingerprint density at radius 1 is 1.12 bits per heavy atom. The maximum Gasteiger partial charge on any atom is 0.293 e. The Labute approximate surface area is 145 Å². The molecule has 1 aromatic rings. The van der Waals surface area contributed by atoms with Crippen LogP contribution in [-0.4, -0.2) is 43.4 Å². The Morgan fingerprint density at radius 2 is 1.71 bits per heavy atom. The van der Waals surface area contributed by atoms with Crippen molar-refractivity contribution in [1.82, 2.24) is 4.90 Å². The molecule has 2 amide bonds. The first-order valence-electron chi connectivity index (χ1n) is 7.53. The first kappa shape index (κ1) is 18.2. The van der Waals surface area contributed by atoms with Crippen molar-refractivity contribution in [3.05, 3.63) is 22.6 Å². The molecule has 0 spiro atoms. The lowest BCUT2D eigenvalue weighted by Gasteiger charge is -2.19. The topological polar surface area (TPSA) is 65.1 Å². The normalized spacial score (nSPS) is 17.4. The van der Waals surface area contributed by atoms with E-state index in [4.69, 9.17) is 14.2 Å². The van der Waals surface area contributed by atoms with Crippen molar-refractivity contribution in [3.8, 4) is 17.2 Å². The zero-order valence-corrected chi connectivity index (χ0v) is 15.2. The molecule has 7 heteroatoms. The Morgan fingerprint density at radius 3 is 2.17 bits per heavy atom. The lowest BCUT2D eigenvalue weighted by molar-refractivity contribution is -0.124. The van der Waals surface area contributed by atoms with E-state index in [-0.39, 0.29) is 17.2 Å². The van der Waals surface area contributed by atoms with Crippen molar-refractivity contribution in [3.63, 3.8) is 0 Å². The molecule has 1 heterocycles. The van der Waals surface area contributed by atoms with Crippen LogP contribution in [0.3, 0.4) is 0 Å². The molecular formula is C17H21NO5S. The molecule has 1 fully saturated rings. The lowest BCUT2D eigenvalue weighted by Crippen LogP contribution is -2.36. The molecule has 1 unspecified atom stereocenters. The van der Waals surface area contributed by atoms with Crippen molar-refractivity contribution < 1.29 is 23.8 Å². The van der Waals surface area contributed by atoms with Crippen LogP contribution in [0.4, 0.5) is 4.79 Å². The molecule has 130 valence electrons. The van der Waals surface area contributed by atoms with E-state index in [1.165, 1.54) is 19.1 Å². The summed E-state index contributed by atoms with van der Waals surface area (Å²) in [5, 5.41) is -0.257. The quantitative estimate of drug-likeness (QED) is 0.730. The monoisotopic (exact) mass is 351 g/mol. The van der Waals surface area contributed by atoms with Crippen LogP contribution in [0, 0.1) is 0 Å². The average Bonchev–Trinajstić information content (AvgIpc) is 2.87. The molecule has 1 aliphatic rings. The van der Waals surface area contributed by atoms with Gasteiger partial charge in [0.15, 0.2) is 0 Å². The van der Waals surface area contributed by atoms with Crippen LogP contribution in [-0.2, 0) is 4.79 Å². The summed E-state index contributed by atoms with van der Waals surface area (Å²) in [4.78, 5) is 26.3. The number of carbonyl (C=O) groups excluding carboxylic acids is 2. The van der Waals surface area contributed by atoms with E-state index in [9.17, 15) is 9.59 Å². The number of rotatable bonds is 6. The van der Waals surface area contributed by atoms with Crippen LogP contribution in [0.5, 0.6) is 17.2 Å². The van der Waals surface area contributed by atoms with Gasteiger partial charge in [-0.05, 0) is 31.2 Å². The summed E-state index contributed by atoms with van der Waals surface area (Å²) < 4.78 is 16.0. The van der Waals surface area contributed by atoms with Gasteiger partial charge in [0.1, 0.15) is 17.2 Å². The third kappa shape index (κ3) is 3.36. The number of nitrogens with zero attached hydrogens (tertiary/aromatic N) is 1. The van der Waals surface area contributed by atoms with E-state index in [0.29, 0.717) is 34.1 Å². The van der Waals surface area contributed by atoms with E-state index in [1.54, 1.807) is 25.3 Å². The molecule has 0 saturated carbocycles. The summed E-state index contributed by atoms with van der Waals surface area (Å²) in [7, 11) is 4.60. The number of hydrogen-bond acceptors (Lipinski definition) is 6. The number of carbonyl (C=O) groups is 2. The molecule has 1 atom stereocenters. The predicted molar refractivity (Wildman–Crippen MR) is 93.7 cm³/mol. The fourth-order valence-electron chi connectivity index (χ4n) is 2.35. The van der Waals surface area contributed by atoms with Gasteiger partial charge in [-0.1, -0.05) is 6.92 Å². The highest BCUT2D eigenvalue weighted by Gasteiger charge is 2.37. The average molecular weight is 351 g/mol. The molecule has 2 rings (SSSR count). The highest BCUT2D eigenvalue weighted by molar-refractivity contribution is 8.18. The zero-order chi connectivity index (χ0) is 17.9. The highest BCUT2D eigenvalue weighted by Crippen LogP contribution is 2.40. The molecule has 6 nitrogen and oxygen atoms in total. The summed E-state index contributed by atoms with van der Waals surface area (Å²) in [5.74, 6) is 1.29. The molecule has 1 saturated heterocycles. The van der Waals surface area contributed by atoms with E-state index in [0.717, 1.165) is 11.8 Å². The van der Waals surface area contributed by atoms with Gasteiger partial charge < -0.3 is 14.2 Å². The molecule has 24 heavy (non-hydrogen) atoms. The van der Waals surface area contributed by atoms with E-state index >= 15 is 0 Å². The van der Waals surface area contributed by atoms with Gasteiger partial charge in [0, 0.05) is 18.2 Å². The van der Waals surface area contributed by atoms with Crippen molar-refractivity contribution in [2.24, 2.45) is 0 Å². The SMILES string of the molecule is CCC(C)N1C(=O)SC(=Cc2c(OC)cc(OC)cc2OC)C1=O. The smallest absolute Gasteiger partial charge is 0.293 e. The van der Waals surface area contributed by atoms with Gasteiger partial charge in [-0.2, -0.15) is 0 Å². The van der Waals surface area contributed by atoms with E-state index in [1.807, 2.05) is 13.8 Å². The van der Waals surface area contributed by atoms with Crippen molar-refractivity contribution in [1.29, 1.82) is 0 Å². The number of thioether (sulfide) groups is 1. The van der Waals surface area contributed by atoms with Gasteiger partial charge in [0.05, 0.1) is 31.8 Å². The molecule has 1 aliphatic heterocycles. The van der Waals surface area contributed by atoms with Crippen molar-refractivity contribution >= 4 is 29.0 Å². The van der Waals surface area contributed by atoms with Crippen molar-refractivity contribution in [2.45, 2.75) is 26.3 Å². The third-order valence-corrected chi connectivity index (χ3v) is 4.77. The van der Waals surface area contributed by atoms with Gasteiger partial charge in [-0.15, -0.1) is 0 Å². The minimum absolute atomic E-state index is 0.136. The first-order valence-corrected chi connectivity index (χ1v) is 8.35. The molecule has 0 aliphatic carbocycles. The third-order valence-electron chi connectivity index (χ3n) is 3.88. The summed E-state index contributed by atoms with van der Waals surface area (Å²) in [6.45, 7) is 3.79. The van der Waals surface area contributed by atoms with Crippen LogP contribution < -0.4 is 14.2 Å². The number of amides is 2. The van der Waals surface area contributed by atoms with Crippen LogP contribution in [0.1, 0.15) is 25.8 Å². The molecule has 1 aromatic carbocycles. The number of methoxy groups -OCH3 is 3. The summed E-state index contributed by atoms with van der Waals surface area (Å²) in [6.07, 6.45) is 2.34. The minimum Gasteiger partial charge on any atom is -0.496 e. The maximum atomic E-state index is 12.6. The van der Waals surface area contributed by atoms with Crippen LogP contribution in [0.15, 0.2) is 17.0 Å². The van der Waals surface area contributed by atoms with Gasteiger partial charge in [-0.25, -0.2) is 0 Å². The van der Waals surface area contributed by atoms with Gasteiger partial charge in [0.2, 0.25) is 0 Å². The lowest BCUT2D eigenvalue weighted by atomic mass is 10.1. The minimum atomic E-state index is -0.292. The Hall–Kier alpha value is -2.15. The second-order valence-corrected chi connectivity index (χ2v) is 6.25. The highest BCUT2D eigenvalue weighted by atomic mass is 32.2. The second-order valence-electron chi connectivity index (χ2n) is 5.25. The van der Waals surface area contributed by atoms with E-state index in [2.05, 4.69) is 0 Å². The fourth-order valence-corrected chi connectivity index (χ4v) is 3.26. The Balaban J connectivity index is 2.48. The van der Waals surface area contributed by atoms with Crippen LogP contribution in [0.2, 0.25) is 0 Å². The molecule has 0 N–H and O–H groups in total. The fraction of sp³-hybridized carbons (Fsp3) is 0.412. The standard InChI is InChI=1S/C17H21NO5S/c1-6-10(2)18-16(19)15(24-17(18)20)9-12-13(22-4)7-11(21-3)8-14(12)23-5/h7-10H,6H2,1-5H3. The van der Waals surface area contributed by atoms with Crippen LogP contribution in [0.25, 0.3) is 6.08 Å². The summed E-state index contributed by atoms with van der Waals surface area (Å²) >= 11 is 0.925. The van der Waals surface area contributed by atoms with E-state index < -0.39 is 0 Å². The Kier molecular flexibility index (Phi) is 5.77. The molecule has 0 aromatic heterocycles. The van der Waals surface area contributed by atoms with Gasteiger partial charge >= 0.3 is 0 Å². The van der Waals surface area contributed by atoms with Crippen molar-refractivity contribution in [2.75, 3.05) is 21.3 Å².